The van der Waals surface area contributed by atoms with Gasteiger partial charge in [-0.25, -0.2) is 9.37 Å². The minimum absolute atomic E-state index is 0.164. The molecule has 3 saturated heterocycles. The van der Waals surface area contributed by atoms with Gasteiger partial charge < -0.3 is 25.2 Å². The predicted molar refractivity (Wildman–Crippen MR) is 142 cm³/mol. The van der Waals surface area contributed by atoms with Crippen LogP contribution in [-0.2, 0) is 14.9 Å². The van der Waals surface area contributed by atoms with Crippen molar-refractivity contribution < 1.29 is 13.9 Å². The lowest BCUT2D eigenvalue weighted by atomic mass is 9.42. The number of carbonyl (C=O) groups is 1. The van der Waals surface area contributed by atoms with Crippen LogP contribution in [0, 0.1) is 5.41 Å². The fourth-order valence-corrected chi connectivity index (χ4v) is 7.10. The van der Waals surface area contributed by atoms with Crippen molar-refractivity contribution in [1.82, 2.24) is 20.3 Å². The molecule has 2 aromatic rings. The summed E-state index contributed by atoms with van der Waals surface area (Å²) < 4.78 is 19.4. The molecule has 2 bridgehead atoms. The Morgan fingerprint density at radius 2 is 1.84 bits per heavy atom. The van der Waals surface area contributed by atoms with Gasteiger partial charge in [0.15, 0.2) is 5.82 Å². The number of carbonyl (C=O) groups excluding carboxylic acids is 1. The maximum absolute atomic E-state index is 13.9. The summed E-state index contributed by atoms with van der Waals surface area (Å²) in [6.45, 7) is 5.35. The van der Waals surface area contributed by atoms with E-state index in [0.717, 1.165) is 89.2 Å². The summed E-state index contributed by atoms with van der Waals surface area (Å²) in [5.74, 6) is 1.09. The molecule has 0 spiro atoms. The topological polar surface area (TPSA) is 95.5 Å². The molecule has 2 N–H and O–H groups in total. The zero-order valence-corrected chi connectivity index (χ0v) is 21.8. The lowest BCUT2D eigenvalue weighted by molar-refractivity contribution is -0.210. The highest BCUT2D eigenvalue weighted by Gasteiger charge is 2.68. The van der Waals surface area contributed by atoms with E-state index in [1.807, 2.05) is 12.3 Å². The van der Waals surface area contributed by atoms with Crippen LogP contribution in [0.25, 0.3) is 0 Å². The standard InChI is InChI=1S/C28H36FN7O2/c29-27-14-26(15-27,16-27)17-32-20-4-3-9-36(13-20)21-5-6-22(31-10-21)28(18-38-19-28)25(37)34-23-11-30-12-24(33-23)35-7-1-2-8-35/h5-6,10-12,20,32H,1-4,7-9,13-19H2,(H,33,34,37)/t20-,26?,27?/m1/s1. The highest BCUT2D eigenvalue weighted by Crippen LogP contribution is 2.69. The van der Waals surface area contributed by atoms with E-state index >= 15 is 0 Å². The molecule has 3 saturated carbocycles. The number of hydrogen-bond donors (Lipinski definition) is 2. The summed E-state index contributed by atoms with van der Waals surface area (Å²) in [5, 5.41) is 6.69. The van der Waals surface area contributed by atoms with Gasteiger partial charge in [0, 0.05) is 38.8 Å². The van der Waals surface area contributed by atoms with Crippen molar-refractivity contribution >= 4 is 23.2 Å². The molecule has 3 aliphatic carbocycles. The first-order chi connectivity index (χ1) is 18.4. The zero-order chi connectivity index (χ0) is 25.8. The number of aromatic nitrogens is 3. The Bertz CT molecular complexity index is 1180. The van der Waals surface area contributed by atoms with Gasteiger partial charge in [0.2, 0.25) is 5.91 Å². The average Bonchev–Trinajstić information content (AvgIpc) is 3.41. The Hall–Kier alpha value is -2.85. The molecule has 0 radical (unpaired) electrons. The number of rotatable bonds is 8. The Labute approximate surface area is 222 Å². The third kappa shape index (κ3) is 4.22. The molecule has 202 valence electrons. The second-order valence-corrected chi connectivity index (χ2v) is 12.2. The number of anilines is 3. The van der Waals surface area contributed by atoms with Crippen molar-refractivity contribution in [2.24, 2.45) is 5.41 Å². The first-order valence-corrected chi connectivity index (χ1v) is 14.0. The zero-order valence-electron chi connectivity index (χ0n) is 21.8. The van der Waals surface area contributed by atoms with Crippen molar-refractivity contribution in [3.8, 4) is 0 Å². The largest absolute Gasteiger partial charge is 0.378 e. The molecular formula is C28H36FN7O2. The molecule has 10 heteroatoms. The Kier molecular flexibility index (Phi) is 5.81. The Morgan fingerprint density at radius 1 is 1.05 bits per heavy atom. The summed E-state index contributed by atoms with van der Waals surface area (Å²) in [7, 11) is 0. The normalized spacial score (nSPS) is 31.2. The van der Waals surface area contributed by atoms with Gasteiger partial charge in [-0.05, 0) is 62.5 Å². The molecule has 1 atom stereocenters. The number of nitrogens with zero attached hydrogens (tertiary/aromatic N) is 5. The highest BCUT2D eigenvalue weighted by atomic mass is 19.1. The number of nitrogens with one attached hydrogen (secondary N) is 2. The molecule has 1 amide bonds. The van der Waals surface area contributed by atoms with E-state index < -0.39 is 11.1 Å². The number of piperidine rings is 1. The van der Waals surface area contributed by atoms with E-state index in [9.17, 15) is 9.18 Å². The van der Waals surface area contributed by atoms with Gasteiger partial charge in [-0.3, -0.25) is 14.8 Å². The van der Waals surface area contributed by atoms with E-state index in [0.29, 0.717) is 30.8 Å². The summed E-state index contributed by atoms with van der Waals surface area (Å²) in [6.07, 6.45) is 12.0. The lowest BCUT2D eigenvalue weighted by Gasteiger charge is -2.66. The van der Waals surface area contributed by atoms with Crippen molar-refractivity contribution in [1.29, 1.82) is 0 Å². The second kappa shape index (κ2) is 9.12. The van der Waals surface area contributed by atoms with Gasteiger partial charge in [0.1, 0.15) is 16.9 Å². The molecular weight excluding hydrogens is 485 g/mol. The van der Waals surface area contributed by atoms with Gasteiger partial charge >= 0.3 is 0 Å². The van der Waals surface area contributed by atoms with Crippen LogP contribution in [0.4, 0.5) is 21.7 Å². The summed E-state index contributed by atoms with van der Waals surface area (Å²) >= 11 is 0. The number of ether oxygens (including phenoxy) is 1. The lowest BCUT2D eigenvalue weighted by Crippen LogP contribution is -2.68. The molecule has 5 heterocycles. The van der Waals surface area contributed by atoms with E-state index in [-0.39, 0.29) is 11.3 Å². The van der Waals surface area contributed by atoms with E-state index in [1.54, 1.807) is 12.4 Å². The fraction of sp³-hybridized carbons (Fsp3) is 0.643. The molecule has 2 aromatic heterocycles. The van der Waals surface area contributed by atoms with Crippen molar-refractivity contribution in [2.75, 3.05) is 61.1 Å². The number of pyridine rings is 1. The van der Waals surface area contributed by atoms with Crippen molar-refractivity contribution in [2.45, 2.75) is 62.1 Å². The molecule has 6 fully saturated rings. The maximum Gasteiger partial charge on any atom is 0.242 e. The van der Waals surface area contributed by atoms with Gasteiger partial charge in [-0.2, -0.15) is 0 Å². The minimum Gasteiger partial charge on any atom is -0.378 e. The number of hydrogen-bond acceptors (Lipinski definition) is 8. The highest BCUT2D eigenvalue weighted by molar-refractivity contribution is 5.99. The molecule has 3 aliphatic heterocycles. The fourth-order valence-electron chi connectivity index (χ4n) is 7.10. The third-order valence-electron chi connectivity index (χ3n) is 9.29. The molecule has 8 rings (SSSR count). The monoisotopic (exact) mass is 521 g/mol. The predicted octanol–water partition coefficient (Wildman–Crippen LogP) is 2.83. The minimum atomic E-state index is -0.835. The van der Waals surface area contributed by atoms with Crippen LogP contribution >= 0.6 is 0 Å². The SMILES string of the molecule is O=C(Nc1cncc(N2CCCC2)n1)C1(c2ccc(N3CCC[C@@H](NCC45CC(F)(C4)C5)C3)cn2)COC1. The molecule has 38 heavy (non-hydrogen) atoms. The maximum atomic E-state index is 13.9. The van der Waals surface area contributed by atoms with Crippen LogP contribution in [-0.4, -0.2) is 78.5 Å². The Morgan fingerprint density at radius 3 is 2.53 bits per heavy atom. The van der Waals surface area contributed by atoms with Crippen LogP contribution in [0.1, 0.15) is 50.6 Å². The first kappa shape index (κ1) is 24.2. The van der Waals surface area contributed by atoms with Gasteiger partial charge in [0.05, 0.1) is 43.2 Å². The molecule has 6 aliphatic rings. The van der Waals surface area contributed by atoms with Crippen molar-refractivity contribution in [3.63, 3.8) is 0 Å². The van der Waals surface area contributed by atoms with Crippen LogP contribution in [0.2, 0.25) is 0 Å². The first-order valence-electron chi connectivity index (χ1n) is 14.0. The summed E-state index contributed by atoms with van der Waals surface area (Å²) in [4.78, 5) is 31.7. The number of halogens is 1. The van der Waals surface area contributed by atoms with Crippen LogP contribution in [0.15, 0.2) is 30.7 Å². The van der Waals surface area contributed by atoms with Gasteiger partial charge in [-0.15, -0.1) is 0 Å². The van der Waals surface area contributed by atoms with Gasteiger partial charge in [-0.1, -0.05) is 0 Å². The molecule has 9 nitrogen and oxygen atoms in total. The van der Waals surface area contributed by atoms with Crippen LogP contribution in [0.5, 0.6) is 0 Å². The number of amides is 1. The molecule has 0 aromatic carbocycles. The number of alkyl halides is 1. The summed E-state index contributed by atoms with van der Waals surface area (Å²) in [6, 6.07) is 4.44. The third-order valence-corrected chi connectivity index (χ3v) is 9.29. The van der Waals surface area contributed by atoms with Crippen molar-refractivity contribution in [3.05, 3.63) is 36.4 Å². The Balaban J connectivity index is 0.991. The molecule has 0 unspecified atom stereocenters. The van der Waals surface area contributed by atoms with Crippen LogP contribution < -0.4 is 20.4 Å². The smallest absolute Gasteiger partial charge is 0.242 e. The van der Waals surface area contributed by atoms with E-state index in [2.05, 4.69) is 36.5 Å². The quantitative estimate of drug-likeness (QED) is 0.548. The average molecular weight is 522 g/mol. The second-order valence-electron chi connectivity index (χ2n) is 12.2. The van der Waals surface area contributed by atoms with E-state index in [1.165, 1.54) is 0 Å². The van der Waals surface area contributed by atoms with Gasteiger partial charge in [0.25, 0.3) is 0 Å². The van der Waals surface area contributed by atoms with Crippen LogP contribution in [0.3, 0.4) is 0 Å². The van der Waals surface area contributed by atoms with E-state index in [4.69, 9.17) is 9.72 Å². The summed E-state index contributed by atoms with van der Waals surface area (Å²) in [5.41, 5.74) is 0.337.